The van der Waals surface area contributed by atoms with Crippen LogP contribution in [0, 0.1) is 11.8 Å². The number of para-hydroxylation sites is 1. The molecular formula is C28H25N3O6. The minimum atomic E-state index is -0.913. The molecule has 0 unspecified atom stereocenters. The number of aromatic nitrogens is 1. The fraction of sp³-hybridized carbons (Fsp3) is 0.250. The molecule has 3 heterocycles. The quantitative estimate of drug-likeness (QED) is 0.539. The van der Waals surface area contributed by atoms with E-state index in [0.717, 1.165) is 0 Å². The van der Waals surface area contributed by atoms with Crippen LogP contribution in [0.25, 0.3) is 0 Å². The molecule has 37 heavy (non-hydrogen) atoms. The average molecular weight is 500 g/mol. The molecule has 9 heteroatoms. The highest BCUT2D eigenvalue weighted by Crippen LogP contribution is 2.32. The summed E-state index contributed by atoms with van der Waals surface area (Å²) in [5.41, 5.74) is 0.779. The zero-order chi connectivity index (χ0) is 25.8. The number of carbonyl (C=O) groups excluding carboxylic acids is 2. The van der Waals surface area contributed by atoms with E-state index in [9.17, 15) is 9.59 Å². The number of likely N-dealkylation sites (N-methyl/N-ethyl adjacent to an activating group) is 1. The first-order valence-electron chi connectivity index (χ1n) is 11.7. The monoisotopic (exact) mass is 499 g/mol. The summed E-state index contributed by atoms with van der Waals surface area (Å²) < 4.78 is 22.3. The van der Waals surface area contributed by atoms with Crippen LogP contribution in [0.15, 0.2) is 66.9 Å². The van der Waals surface area contributed by atoms with Crippen molar-refractivity contribution in [1.82, 2.24) is 10.3 Å². The van der Waals surface area contributed by atoms with Crippen LogP contribution in [0.3, 0.4) is 0 Å². The highest BCUT2D eigenvalue weighted by molar-refractivity contribution is 6.03. The third-order valence-corrected chi connectivity index (χ3v) is 6.10. The molecule has 2 aliphatic rings. The van der Waals surface area contributed by atoms with Crippen molar-refractivity contribution in [2.75, 3.05) is 38.9 Å². The fourth-order valence-electron chi connectivity index (χ4n) is 3.85. The van der Waals surface area contributed by atoms with Gasteiger partial charge in [0.15, 0.2) is 5.60 Å². The van der Waals surface area contributed by atoms with Crippen molar-refractivity contribution < 1.29 is 28.5 Å². The number of methoxy groups -OCH3 is 1. The Kier molecular flexibility index (Phi) is 6.77. The summed E-state index contributed by atoms with van der Waals surface area (Å²) >= 11 is 0. The number of amides is 2. The molecule has 1 fully saturated rings. The van der Waals surface area contributed by atoms with Gasteiger partial charge in [0.05, 0.1) is 18.9 Å². The second kappa shape index (κ2) is 10.3. The number of rotatable bonds is 5. The highest BCUT2D eigenvalue weighted by atomic mass is 16.6. The number of hydrogen-bond donors (Lipinski definition) is 1. The Morgan fingerprint density at radius 2 is 1.95 bits per heavy atom. The van der Waals surface area contributed by atoms with Gasteiger partial charge in [-0.2, -0.15) is 0 Å². The van der Waals surface area contributed by atoms with Crippen LogP contribution in [0.2, 0.25) is 0 Å². The minimum Gasteiger partial charge on any atom is -0.489 e. The summed E-state index contributed by atoms with van der Waals surface area (Å²) in [6, 6.07) is 16.8. The molecule has 1 saturated heterocycles. The van der Waals surface area contributed by atoms with Crippen molar-refractivity contribution in [3.8, 4) is 29.1 Å². The maximum Gasteiger partial charge on any atom is 0.270 e. The predicted molar refractivity (Wildman–Crippen MR) is 135 cm³/mol. The van der Waals surface area contributed by atoms with E-state index in [1.807, 2.05) is 36.4 Å². The largest absolute Gasteiger partial charge is 0.489 e. The number of pyridine rings is 1. The van der Waals surface area contributed by atoms with Gasteiger partial charge < -0.3 is 29.2 Å². The van der Waals surface area contributed by atoms with E-state index in [-0.39, 0.29) is 18.2 Å². The van der Waals surface area contributed by atoms with E-state index in [2.05, 4.69) is 22.1 Å². The smallest absolute Gasteiger partial charge is 0.270 e. The third kappa shape index (κ3) is 5.26. The Bertz CT molecular complexity index is 1370. The molecule has 0 bridgehead atoms. The van der Waals surface area contributed by atoms with Crippen molar-refractivity contribution >= 4 is 17.5 Å². The average Bonchev–Trinajstić information content (AvgIpc) is 3.01. The molecule has 1 N–H and O–H groups in total. The van der Waals surface area contributed by atoms with Crippen molar-refractivity contribution in [2.24, 2.45) is 0 Å². The standard InChI is InChI=1S/C28H25N3O6/c1-31-24-14-19(10-12-28(34-2)17-35-18-28)8-9-25(24)36-16-23(27(31)33)30-26(32)22-15-21(11-13-29-22)37-20-6-4-3-5-7-20/h3-9,11,13-15,23H,16-18H2,1-2H3,(H,30,32)/t23-/m1/s1. The summed E-state index contributed by atoms with van der Waals surface area (Å²) in [6.07, 6.45) is 1.48. The molecule has 0 aliphatic carbocycles. The fourth-order valence-corrected chi connectivity index (χ4v) is 3.85. The lowest BCUT2D eigenvalue weighted by atomic mass is 10.0. The Hall–Kier alpha value is -4.39. The van der Waals surface area contributed by atoms with Gasteiger partial charge in [-0.15, -0.1) is 0 Å². The molecule has 0 spiro atoms. The SMILES string of the molecule is COC1(C#Cc2ccc3c(c2)N(C)C(=O)[C@H](NC(=O)c2cc(Oc4ccccc4)ccn2)CO3)COC1. The second-order valence-corrected chi connectivity index (χ2v) is 8.65. The number of anilines is 1. The first-order valence-corrected chi connectivity index (χ1v) is 11.7. The zero-order valence-electron chi connectivity index (χ0n) is 20.4. The van der Waals surface area contributed by atoms with Gasteiger partial charge in [-0.05, 0) is 36.4 Å². The summed E-state index contributed by atoms with van der Waals surface area (Å²) in [5, 5.41) is 2.73. The van der Waals surface area contributed by atoms with Crippen LogP contribution >= 0.6 is 0 Å². The van der Waals surface area contributed by atoms with Gasteiger partial charge in [-0.1, -0.05) is 30.0 Å². The van der Waals surface area contributed by atoms with Crippen molar-refractivity contribution in [3.63, 3.8) is 0 Å². The van der Waals surface area contributed by atoms with Crippen LogP contribution in [0.1, 0.15) is 16.1 Å². The molecule has 0 saturated carbocycles. The van der Waals surface area contributed by atoms with E-state index in [1.54, 1.807) is 32.4 Å². The maximum absolute atomic E-state index is 13.2. The van der Waals surface area contributed by atoms with Crippen LogP contribution < -0.4 is 19.7 Å². The number of nitrogens with one attached hydrogen (secondary N) is 1. The van der Waals surface area contributed by atoms with Gasteiger partial charge in [0.2, 0.25) is 0 Å². The van der Waals surface area contributed by atoms with Crippen molar-refractivity contribution in [3.05, 3.63) is 78.1 Å². The van der Waals surface area contributed by atoms with E-state index in [1.165, 1.54) is 17.2 Å². The van der Waals surface area contributed by atoms with Gasteiger partial charge in [-0.25, -0.2) is 0 Å². The lowest BCUT2D eigenvalue weighted by molar-refractivity contribution is -0.159. The normalized spacial score (nSPS) is 17.7. The molecule has 188 valence electrons. The molecule has 2 aliphatic heterocycles. The van der Waals surface area contributed by atoms with Crippen molar-refractivity contribution in [2.45, 2.75) is 11.6 Å². The predicted octanol–water partition coefficient (Wildman–Crippen LogP) is 2.79. The Morgan fingerprint density at radius 3 is 2.68 bits per heavy atom. The van der Waals surface area contributed by atoms with Crippen LogP contribution in [0.5, 0.6) is 17.2 Å². The number of benzene rings is 2. The summed E-state index contributed by atoms with van der Waals surface area (Å²) in [4.78, 5) is 31.8. The van der Waals surface area contributed by atoms with Crippen LogP contribution in [0.4, 0.5) is 5.69 Å². The molecule has 3 aromatic rings. The maximum atomic E-state index is 13.2. The van der Waals surface area contributed by atoms with Gasteiger partial charge in [0.1, 0.15) is 35.6 Å². The molecule has 2 aromatic carbocycles. The molecule has 9 nitrogen and oxygen atoms in total. The summed E-state index contributed by atoms with van der Waals surface area (Å²) in [6.45, 7) is 0.804. The van der Waals surface area contributed by atoms with E-state index < -0.39 is 17.6 Å². The lowest BCUT2D eigenvalue weighted by Gasteiger charge is -2.35. The number of fused-ring (bicyclic) bond motifs is 1. The highest BCUT2D eigenvalue weighted by Gasteiger charge is 2.37. The third-order valence-electron chi connectivity index (χ3n) is 6.10. The zero-order valence-corrected chi connectivity index (χ0v) is 20.4. The van der Waals surface area contributed by atoms with Gasteiger partial charge in [0.25, 0.3) is 11.8 Å². The molecule has 5 rings (SSSR count). The Balaban J connectivity index is 1.29. The second-order valence-electron chi connectivity index (χ2n) is 8.65. The molecule has 2 amide bonds. The van der Waals surface area contributed by atoms with E-state index >= 15 is 0 Å². The summed E-state index contributed by atoms with van der Waals surface area (Å²) in [5.74, 6) is 6.96. The van der Waals surface area contributed by atoms with Gasteiger partial charge in [0, 0.05) is 32.0 Å². The Labute approximate surface area is 214 Å². The number of hydrogen-bond acceptors (Lipinski definition) is 7. The minimum absolute atomic E-state index is 0.0305. The molecular weight excluding hydrogens is 474 g/mol. The van der Waals surface area contributed by atoms with E-state index in [0.29, 0.717) is 41.7 Å². The first-order chi connectivity index (χ1) is 18.0. The molecule has 0 radical (unpaired) electrons. The molecule has 1 aromatic heterocycles. The molecule has 1 atom stereocenters. The van der Waals surface area contributed by atoms with E-state index in [4.69, 9.17) is 18.9 Å². The van der Waals surface area contributed by atoms with Crippen LogP contribution in [-0.2, 0) is 14.3 Å². The lowest BCUT2D eigenvalue weighted by Crippen LogP contribution is -2.50. The topological polar surface area (TPSA) is 99.2 Å². The number of ether oxygens (including phenoxy) is 4. The first kappa shape index (κ1) is 24.3. The number of carbonyl (C=O) groups is 2. The van der Waals surface area contributed by atoms with Gasteiger partial charge in [-0.3, -0.25) is 14.6 Å². The van der Waals surface area contributed by atoms with Crippen molar-refractivity contribution in [1.29, 1.82) is 0 Å². The van der Waals surface area contributed by atoms with Crippen LogP contribution in [-0.4, -0.2) is 62.4 Å². The summed E-state index contributed by atoms with van der Waals surface area (Å²) in [7, 11) is 3.24. The number of nitrogens with zero attached hydrogens (tertiary/aromatic N) is 2. The van der Waals surface area contributed by atoms with Gasteiger partial charge >= 0.3 is 0 Å². The Morgan fingerprint density at radius 1 is 1.14 bits per heavy atom.